The molecule has 5 rings (SSSR count). The summed E-state index contributed by atoms with van der Waals surface area (Å²) in [5, 5.41) is 0.434. The van der Waals surface area contributed by atoms with Crippen LogP contribution in [0, 0.1) is 11.8 Å². The Labute approximate surface area is 248 Å². The second-order valence-corrected chi connectivity index (χ2v) is 10.1. The third-order valence-electron chi connectivity index (χ3n) is 7.37. The van der Waals surface area contributed by atoms with E-state index >= 15 is 0 Å². The van der Waals surface area contributed by atoms with Crippen molar-refractivity contribution in [2.45, 2.75) is 45.1 Å². The molecule has 1 aliphatic rings. The highest BCUT2D eigenvalue weighted by Crippen LogP contribution is 2.35. The Morgan fingerprint density at radius 1 is 1.07 bits per heavy atom. The van der Waals surface area contributed by atoms with Gasteiger partial charge in [-0.1, -0.05) is 24.7 Å². The van der Waals surface area contributed by atoms with Gasteiger partial charge in [0.25, 0.3) is 0 Å². The number of nitrogens with zero attached hydrogens (tertiary/aromatic N) is 3. The van der Waals surface area contributed by atoms with Crippen LogP contribution in [0.15, 0.2) is 47.5 Å². The molecule has 0 atom stereocenters. The molecule has 4 aromatic rings. The third kappa shape index (κ3) is 6.33. The molecule has 11 heteroatoms. The first-order valence-corrected chi connectivity index (χ1v) is 14.0. The molecule has 2 aromatic heterocycles. The Morgan fingerprint density at radius 3 is 2.56 bits per heavy atom. The van der Waals surface area contributed by atoms with Crippen LogP contribution in [0.5, 0.6) is 17.2 Å². The van der Waals surface area contributed by atoms with Gasteiger partial charge in [-0.25, -0.2) is 9.78 Å². The average Bonchev–Trinajstić information content (AvgIpc) is 3.53. The predicted octanol–water partition coefficient (Wildman–Crippen LogP) is 4.61. The van der Waals surface area contributed by atoms with Crippen molar-refractivity contribution in [1.82, 2.24) is 14.5 Å². The zero-order valence-electron chi connectivity index (χ0n) is 24.3. The predicted molar refractivity (Wildman–Crippen MR) is 163 cm³/mol. The van der Waals surface area contributed by atoms with Crippen molar-refractivity contribution in [2.24, 2.45) is 0 Å². The van der Waals surface area contributed by atoms with Crippen molar-refractivity contribution >= 4 is 28.8 Å². The standard InChI is InChI=1S/C32H33N5O6/c1-4-42-32(39)43-27-18-37(23-7-5-6-8-23)25-15-19(10-12-24(25)28(27)38)9-11-21-13-20(16-26(40-2)29(21)41-3)14-22-17-35-31(34)36-30(22)33/h10,12-13,15-18,23H,4-8,14H2,1-3H3,(H4,33,34,35,36). The number of methoxy groups -OCH3 is 2. The van der Waals surface area contributed by atoms with Crippen LogP contribution in [0.1, 0.15) is 60.9 Å². The van der Waals surface area contributed by atoms with E-state index in [0.29, 0.717) is 45.8 Å². The first kappa shape index (κ1) is 29.3. The van der Waals surface area contributed by atoms with Gasteiger partial charge in [-0.3, -0.25) is 4.79 Å². The minimum absolute atomic E-state index is 0.0579. The fourth-order valence-corrected chi connectivity index (χ4v) is 5.34. The summed E-state index contributed by atoms with van der Waals surface area (Å²) in [7, 11) is 3.12. The monoisotopic (exact) mass is 583 g/mol. The number of aromatic nitrogens is 3. The Hall–Kier alpha value is -5.24. The summed E-state index contributed by atoms with van der Waals surface area (Å²) >= 11 is 0. The third-order valence-corrected chi connectivity index (χ3v) is 7.37. The van der Waals surface area contributed by atoms with Gasteiger partial charge in [0.15, 0.2) is 17.2 Å². The Morgan fingerprint density at radius 2 is 1.86 bits per heavy atom. The number of rotatable bonds is 7. The largest absolute Gasteiger partial charge is 0.514 e. The van der Waals surface area contributed by atoms with Crippen molar-refractivity contribution in [1.29, 1.82) is 0 Å². The Bertz CT molecular complexity index is 1800. The summed E-state index contributed by atoms with van der Waals surface area (Å²) in [5.74, 6) is 7.79. The highest BCUT2D eigenvalue weighted by atomic mass is 16.7. The molecular formula is C32H33N5O6. The summed E-state index contributed by atoms with van der Waals surface area (Å²) in [6, 6.07) is 9.29. The van der Waals surface area contributed by atoms with Crippen LogP contribution in [0.4, 0.5) is 16.6 Å². The van der Waals surface area contributed by atoms with Gasteiger partial charge in [0.2, 0.25) is 11.4 Å². The Balaban J connectivity index is 1.56. The van der Waals surface area contributed by atoms with E-state index in [0.717, 1.165) is 36.8 Å². The van der Waals surface area contributed by atoms with Crippen LogP contribution < -0.4 is 31.1 Å². The second-order valence-electron chi connectivity index (χ2n) is 10.1. The fourth-order valence-electron chi connectivity index (χ4n) is 5.34. The first-order chi connectivity index (χ1) is 20.8. The minimum Gasteiger partial charge on any atom is -0.493 e. The molecule has 0 aliphatic heterocycles. The van der Waals surface area contributed by atoms with Crippen molar-refractivity contribution in [2.75, 3.05) is 32.3 Å². The summed E-state index contributed by atoms with van der Waals surface area (Å²) in [6.45, 7) is 1.82. The van der Waals surface area contributed by atoms with Crippen molar-refractivity contribution in [3.63, 3.8) is 0 Å². The molecule has 4 N–H and O–H groups in total. The van der Waals surface area contributed by atoms with Gasteiger partial charge < -0.3 is 35.0 Å². The number of nitrogen functional groups attached to an aromatic ring is 2. The van der Waals surface area contributed by atoms with Crippen LogP contribution in [-0.4, -0.2) is 41.5 Å². The maximum atomic E-state index is 13.3. The zero-order valence-corrected chi connectivity index (χ0v) is 24.3. The molecule has 2 aromatic carbocycles. The van der Waals surface area contributed by atoms with E-state index in [1.807, 2.05) is 22.8 Å². The fraction of sp³-hybridized carbons (Fsp3) is 0.312. The molecule has 0 unspecified atom stereocenters. The van der Waals surface area contributed by atoms with Gasteiger partial charge in [-0.2, -0.15) is 4.98 Å². The topological polar surface area (TPSA) is 154 Å². The van der Waals surface area contributed by atoms with Crippen LogP contribution in [-0.2, 0) is 11.2 Å². The lowest BCUT2D eigenvalue weighted by atomic mass is 10.0. The molecule has 43 heavy (non-hydrogen) atoms. The SMILES string of the molecule is CCOC(=O)Oc1cn(C2CCCC2)c2cc(C#Cc3cc(Cc4cnc(N)nc4N)cc(OC)c3OC)ccc2c1=O. The molecule has 1 fully saturated rings. The lowest BCUT2D eigenvalue weighted by Crippen LogP contribution is -2.19. The van der Waals surface area contributed by atoms with Crippen LogP contribution in [0.25, 0.3) is 10.9 Å². The molecule has 0 radical (unpaired) electrons. The van der Waals surface area contributed by atoms with Gasteiger partial charge in [0.1, 0.15) is 5.82 Å². The number of nitrogens with two attached hydrogens (primary N) is 2. The van der Waals surface area contributed by atoms with Gasteiger partial charge in [-0.15, -0.1) is 0 Å². The number of fused-ring (bicyclic) bond motifs is 1. The lowest BCUT2D eigenvalue weighted by molar-refractivity contribution is 0.103. The number of anilines is 2. The first-order valence-electron chi connectivity index (χ1n) is 14.0. The van der Waals surface area contributed by atoms with E-state index in [1.54, 1.807) is 45.7 Å². The number of hydrogen-bond donors (Lipinski definition) is 2. The van der Waals surface area contributed by atoms with Gasteiger partial charge in [0.05, 0.1) is 38.1 Å². The van der Waals surface area contributed by atoms with Gasteiger partial charge in [0, 0.05) is 35.2 Å². The molecule has 0 spiro atoms. The quantitative estimate of drug-likeness (QED) is 0.233. The molecule has 1 aliphatic carbocycles. The van der Waals surface area contributed by atoms with E-state index in [2.05, 4.69) is 21.8 Å². The maximum Gasteiger partial charge on any atom is 0.514 e. The molecular weight excluding hydrogens is 550 g/mol. The van der Waals surface area contributed by atoms with E-state index in [-0.39, 0.29) is 29.8 Å². The molecule has 0 bridgehead atoms. The van der Waals surface area contributed by atoms with Crippen LogP contribution in [0.3, 0.4) is 0 Å². The highest BCUT2D eigenvalue weighted by molar-refractivity contribution is 5.83. The normalized spacial score (nSPS) is 12.9. The zero-order chi connectivity index (χ0) is 30.5. The summed E-state index contributed by atoms with van der Waals surface area (Å²) in [5.41, 5.74) is 14.9. The molecule has 11 nitrogen and oxygen atoms in total. The minimum atomic E-state index is -0.905. The Kier molecular flexibility index (Phi) is 8.66. The van der Waals surface area contributed by atoms with E-state index in [1.165, 1.54) is 0 Å². The van der Waals surface area contributed by atoms with Gasteiger partial charge in [-0.05, 0) is 55.7 Å². The summed E-state index contributed by atoms with van der Waals surface area (Å²) < 4.78 is 23.4. The molecule has 0 amide bonds. The molecule has 2 heterocycles. The summed E-state index contributed by atoms with van der Waals surface area (Å²) in [6.07, 6.45) is 6.81. The summed E-state index contributed by atoms with van der Waals surface area (Å²) in [4.78, 5) is 33.4. The number of hydrogen-bond acceptors (Lipinski definition) is 10. The highest BCUT2D eigenvalue weighted by Gasteiger charge is 2.22. The molecule has 222 valence electrons. The van der Waals surface area contributed by atoms with E-state index in [4.69, 9.17) is 30.4 Å². The smallest absolute Gasteiger partial charge is 0.493 e. The lowest BCUT2D eigenvalue weighted by Gasteiger charge is -2.19. The number of benzene rings is 2. The number of ether oxygens (including phenoxy) is 4. The second kappa shape index (κ2) is 12.7. The average molecular weight is 584 g/mol. The number of carbonyl (C=O) groups is 1. The van der Waals surface area contributed by atoms with E-state index < -0.39 is 6.16 Å². The number of carbonyl (C=O) groups excluding carboxylic acids is 1. The van der Waals surface area contributed by atoms with Crippen molar-refractivity contribution < 1.29 is 23.7 Å². The molecule has 0 saturated heterocycles. The number of pyridine rings is 1. The van der Waals surface area contributed by atoms with E-state index in [9.17, 15) is 9.59 Å². The van der Waals surface area contributed by atoms with Crippen molar-refractivity contribution in [3.05, 3.63) is 75.2 Å². The van der Waals surface area contributed by atoms with Gasteiger partial charge >= 0.3 is 6.16 Å². The van der Waals surface area contributed by atoms with Crippen molar-refractivity contribution in [3.8, 4) is 29.1 Å². The maximum absolute atomic E-state index is 13.3. The molecule has 1 saturated carbocycles. The van der Waals surface area contributed by atoms with Crippen LogP contribution in [0.2, 0.25) is 0 Å². The van der Waals surface area contributed by atoms with Crippen LogP contribution >= 0.6 is 0 Å².